The van der Waals surface area contributed by atoms with Crippen LogP contribution in [0.3, 0.4) is 0 Å². The number of Topliss-reactive ketones (excluding diaryl/α,β-unsaturated/α-hetero) is 1. The molecular weight excluding hydrogens is 1650 g/mol. The van der Waals surface area contributed by atoms with Crippen LogP contribution in [0.4, 0.5) is 0 Å². The average molecular weight is 1800 g/mol. The number of carboxylic acids is 2. The SMILES string of the molecule is CC(=O)COCCOCCNC(=O)COCCOCCNC(=O)COCCOCCNC(=O)COCCOCCNC(=O)COCCOCCNC(=O)COCCOCCNC(=O)CC[C@H](NC(=O)CC[C@H](NC(=O)CCCCCCCCCCCNC(=O)CCCS(=O)(=O)NC(=O)CCCCCCCCCCCCCCCC1=NNNN1)C(=O)O)C(=O)O. The average Bonchev–Trinajstić information content (AvgIpc) is 1.38. The van der Waals surface area contributed by atoms with Crippen LogP contribution in [0, 0.1) is 0 Å². The molecule has 0 bridgehead atoms. The number of unbranched alkanes of at least 4 members (excludes halogenated alkanes) is 20. The lowest BCUT2D eigenvalue weighted by atomic mass is 10.0. The highest BCUT2D eigenvalue weighted by Crippen LogP contribution is 2.15. The van der Waals surface area contributed by atoms with Crippen LogP contribution in [-0.4, -0.2) is 323 Å². The van der Waals surface area contributed by atoms with Crippen LogP contribution in [0.25, 0.3) is 0 Å². The molecule has 1 aliphatic rings. The number of carboxylic acid groups (broad SMARTS) is 2. The number of amidine groups is 1. The van der Waals surface area contributed by atoms with Crippen molar-refractivity contribution in [3.8, 4) is 0 Å². The van der Waals surface area contributed by atoms with Crippen molar-refractivity contribution in [1.29, 1.82) is 0 Å². The number of ketones is 1. The van der Waals surface area contributed by atoms with E-state index in [4.69, 9.17) is 56.8 Å². The summed E-state index contributed by atoms with van der Waals surface area (Å²) in [6.45, 7) is 5.73. The molecule has 44 heteroatoms. The molecule has 0 spiro atoms. The minimum Gasteiger partial charge on any atom is -0.480 e. The molecule has 1 aliphatic heterocycles. The van der Waals surface area contributed by atoms with E-state index in [9.17, 15) is 81.0 Å². The molecule has 0 aromatic heterocycles. The number of carbonyl (C=O) groups is 13. The molecule has 10 amide bonds. The van der Waals surface area contributed by atoms with Crippen molar-refractivity contribution in [1.82, 2.24) is 69.1 Å². The first-order valence-electron chi connectivity index (χ1n) is 43.7. The number of ether oxygens (including phenoxy) is 12. The van der Waals surface area contributed by atoms with E-state index in [-0.39, 0.29) is 257 Å². The molecule has 1 rings (SSSR count). The van der Waals surface area contributed by atoms with Gasteiger partial charge in [-0.15, -0.1) is 10.6 Å². The van der Waals surface area contributed by atoms with Crippen molar-refractivity contribution in [3.05, 3.63) is 0 Å². The van der Waals surface area contributed by atoms with Crippen molar-refractivity contribution < 1.29 is 138 Å². The van der Waals surface area contributed by atoms with Gasteiger partial charge in [0.05, 0.1) is 125 Å². The van der Waals surface area contributed by atoms with Crippen molar-refractivity contribution in [2.45, 2.75) is 218 Å². The monoisotopic (exact) mass is 1800 g/mol. The van der Waals surface area contributed by atoms with Crippen LogP contribution < -0.4 is 69.1 Å². The molecule has 0 fully saturated rings. The maximum absolute atomic E-state index is 12.7. The standard InChI is InChI=1S/C80H146N14O29S/c1-65(95)59-118-52-46-113-41-35-83-74(101)61-120-54-48-115-43-37-85-76(103)63-122-56-50-117-45-39-87-78(105)64-123-57-51-116-44-38-86-77(104)62-121-55-49-114-42-36-84-75(102)60-119-53-47-112-40-34-82-70(97)31-29-66(79(106)107)89-72(99)32-30-67(80(108)109)88-71(98)26-21-17-13-10-7-11-15-19-23-33-81-69(96)28-24-58-124(110,111)92-73(100)27-22-18-14-9-6-4-2-3-5-8-12-16-20-25-68-90-93-94-91-68/h66-67,93-94H,2-64H2,1H3,(H,81,96)(H,82,97)(H,83,101)(H,84,102)(H,85,103)(H,86,104)(H,87,105)(H,88,98)(H,89,99)(H,90,91)(H,92,100)(H,106,107)(H,108,109)/t66-,67-/m0/s1. The lowest BCUT2D eigenvalue weighted by molar-refractivity contribution is -0.143. The van der Waals surface area contributed by atoms with Crippen molar-refractivity contribution in [3.63, 3.8) is 0 Å². The molecule has 0 radical (unpaired) electrons. The number of amides is 10. The first-order chi connectivity index (χ1) is 60.0. The Balaban J connectivity index is 1.92. The summed E-state index contributed by atoms with van der Waals surface area (Å²) in [5.41, 5.74) is 8.39. The Morgan fingerprint density at radius 2 is 0.581 bits per heavy atom. The lowest BCUT2D eigenvalue weighted by Gasteiger charge is -2.17. The van der Waals surface area contributed by atoms with E-state index in [0.717, 1.165) is 89.3 Å². The number of hydrazone groups is 1. The minimum atomic E-state index is -3.82. The summed E-state index contributed by atoms with van der Waals surface area (Å²) in [4.78, 5) is 157. The Morgan fingerprint density at radius 3 is 0.919 bits per heavy atom. The van der Waals surface area contributed by atoms with E-state index in [2.05, 4.69) is 74.2 Å². The Morgan fingerprint density at radius 1 is 0.306 bits per heavy atom. The fourth-order valence-corrected chi connectivity index (χ4v) is 12.5. The quantitative estimate of drug-likeness (QED) is 0.0362. The van der Waals surface area contributed by atoms with Crippen LogP contribution in [0.1, 0.15) is 206 Å². The number of carbonyl (C=O) groups excluding carboxylic acids is 11. The summed E-state index contributed by atoms with van der Waals surface area (Å²) in [5.74, 6) is -6.41. The molecule has 0 aliphatic carbocycles. The molecule has 0 aromatic carbocycles. The molecule has 2 atom stereocenters. The van der Waals surface area contributed by atoms with Gasteiger partial charge in [0.15, 0.2) is 5.78 Å². The number of aliphatic carboxylic acids is 2. The zero-order chi connectivity index (χ0) is 90.7. The molecule has 716 valence electrons. The fraction of sp³-hybridized carbons (Fsp3) is 0.825. The van der Waals surface area contributed by atoms with Gasteiger partial charge in [-0.3, -0.25) is 62.9 Å². The third-order valence-electron chi connectivity index (χ3n) is 18.0. The van der Waals surface area contributed by atoms with Gasteiger partial charge in [-0.25, -0.2) is 23.5 Å². The van der Waals surface area contributed by atoms with Gasteiger partial charge in [0.2, 0.25) is 69.1 Å². The van der Waals surface area contributed by atoms with E-state index < -0.39 is 70.0 Å². The number of nitrogens with zero attached hydrogens (tertiary/aromatic N) is 1. The largest absolute Gasteiger partial charge is 0.480 e. The summed E-state index contributed by atoms with van der Waals surface area (Å²) in [5, 5.41) is 46.8. The van der Waals surface area contributed by atoms with Crippen LogP contribution in [-0.2, 0) is 129 Å². The van der Waals surface area contributed by atoms with Gasteiger partial charge in [0, 0.05) is 84.3 Å². The Labute approximate surface area is 729 Å². The van der Waals surface area contributed by atoms with Gasteiger partial charge in [0.25, 0.3) is 0 Å². The number of nitrogens with one attached hydrogen (secondary N) is 13. The summed E-state index contributed by atoms with van der Waals surface area (Å²) in [7, 11) is -3.82. The zero-order valence-corrected chi connectivity index (χ0v) is 73.8. The van der Waals surface area contributed by atoms with Crippen LogP contribution in [0.5, 0.6) is 0 Å². The summed E-state index contributed by atoms with van der Waals surface area (Å²) >= 11 is 0. The first kappa shape index (κ1) is 114. The van der Waals surface area contributed by atoms with E-state index in [1.807, 2.05) is 0 Å². The van der Waals surface area contributed by atoms with E-state index in [1.54, 1.807) is 0 Å². The molecule has 0 aromatic rings. The van der Waals surface area contributed by atoms with Crippen LogP contribution in [0.2, 0.25) is 0 Å². The maximum atomic E-state index is 12.7. The number of hydrogen-bond acceptors (Lipinski definition) is 31. The highest BCUT2D eigenvalue weighted by molar-refractivity contribution is 7.90. The molecule has 124 heavy (non-hydrogen) atoms. The second-order valence-corrected chi connectivity index (χ2v) is 30.9. The van der Waals surface area contributed by atoms with Crippen molar-refractivity contribution in [2.75, 3.05) is 210 Å². The summed E-state index contributed by atoms with van der Waals surface area (Å²) in [6, 6.07) is -2.82. The highest BCUT2D eigenvalue weighted by Gasteiger charge is 2.25. The minimum absolute atomic E-state index is 0.0437. The van der Waals surface area contributed by atoms with Crippen LogP contribution in [0.15, 0.2) is 5.10 Å². The van der Waals surface area contributed by atoms with E-state index in [1.165, 1.54) is 58.3 Å². The predicted molar refractivity (Wildman–Crippen MR) is 453 cm³/mol. The van der Waals surface area contributed by atoms with Gasteiger partial charge < -0.3 is 115 Å². The van der Waals surface area contributed by atoms with Gasteiger partial charge in [-0.1, -0.05) is 116 Å². The number of rotatable bonds is 91. The number of hydrazine groups is 2. The second kappa shape index (κ2) is 82.0. The topological polar surface area (TPSA) is 576 Å². The first-order valence-corrected chi connectivity index (χ1v) is 45.4. The Bertz CT molecular complexity index is 3050. The number of sulfonamides is 1. The predicted octanol–water partition coefficient (Wildman–Crippen LogP) is 0.192. The van der Waals surface area contributed by atoms with Crippen molar-refractivity contribution >= 4 is 92.7 Å². The van der Waals surface area contributed by atoms with Gasteiger partial charge in [-0.05, 0) is 51.9 Å². The summed E-state index contributed by atoms with van der Waals surface area (Å²) in [6.07, 6.45) is 22.6. The van der Waals surface area contributed by atoms with E-state index in [0.29, 0.717) is 45.8 Å². The number of hydrogen-bond donors (Lipinski definition) is 15. The second-order valence-electron chi connectivity index (χ2n) is 29.0. The zero-order valence-electron chi connectivity index (χ0n) is 73.0. The Kier molecular flexibility index (Phi) is 75.4. The normalized spacial score (nSPS) is 12.2. The van der Waals surface area contributed by atoms with Gasteiger partial charge in [-0.2, -0.15) is 0 Å². The fourth-order valence-electron chi connectivity index (χ4n) is 11.4. The third-order valence-corrected chi connectivity index (χ3v) is 19.3. The lowest BCUT2D eigenvalue weighted by Crippen LogP contribution is -2.44. The molecule has 43 nitrogen and oxygen atoms in total. The molecule has 0 saturated heterocycles. The molecule has 0 saturated carbocycles. The Hall–Kier alpha value is -7.99. The molecule has 0 unspecified atom stereocenters. The smallest absolute Gasteiger partial charge is 0.326 e. The molecular formula is C80H146N14O29S. The van der Waals surface area contributed by atoms with Gasteiger partial charge >= 0.3 is 11.9 Å². The van der Waals surface area contributed by atoms with E-state index >= 15 is 0 Å². The molecule has 1 heterocycles. The van der Waals surface area contributed by atoms with Crippen LogP contribution >= 0.6 is 0 Å². The summed E-state index contributed by atoms with van der Waals surface area (Å²) < 4.78 is 90.7. The maximum Gasteiger partial charge on any atom is 0.326 e. The molecule has 15 N–H and O–H groups in total. The third kappa shape index (κ3) is 78.7. The van der Waals surface area contributed by atoms with Crippen molar-refractivity contribution in [2.24, 2.45) is 5.10 Å². The van der Waals surface area contributed by atoms with Gasteiger partial charge in [0.1, 0.15) is 57.6 Å². The highest BCUT2D eigenvalue weighted by atomic mass is 32.2.